The number of imide groups is 1. The van der Waals surface area contributed by atoms with Gasteiger partial charge in [-0.25, -0.2) is 9.59 Å². The Hall–Kier alpha value is -3.16. The lowest BCUT2D eigenvalue weighted by molar-refractivity contribution is -0.151. The molecule has 0 aliphatic heterocycles. The van der Waals surface area contributed by atoms with E-state index in [0.717, 1.165) is 0 Å². The van der Waals surface area contributed by atoms with Crippen molar-refractivity contribution < 1.29 is 23.9 Å². The highest BCUT2D eigenvalue weighted by Crippen LogP contribution is 2.08. The van der Waals surface area contributed by atoms with E-state index in [4.69, 9.17) is 4.74 Å². The number of esters is 1. The lowest BCUT2D eigenvalue weighted by atomic mass is 10.1. The maximum Gasteiger partial charge on any atom is 0.355 e. The van der Waals surface area contributed by atoms with Crippen molar-refractivity contribution in [3.63, 3.8) is 0 Å². The molecular weight excluding hydrogens is 350 g/mol. The zero-order valence-electron chi connectivity index (χ0n) is 16.1. The van der Waals surface area contributed by atoms with Crippen molar-refractivity contribution in [2.24, 2.45) is 0 Å². The minimum atomic E-state index is -1.24. The molecule has 0 aromatic heterocycles. The first kappa shape index (κ1) is 21.9. The van der Waals surface area contributed by atoms with Gasteiger partial charge in [0, 0.05) is 12.5 Å². The standard InChI is InChI=1S/C19H25N3O5/c1-12(16(24)21-18(26)22-19(3,4)5)27-17(25)15(20-13(2)23)11-14-9-7-6-8-10-14/h6-12H,1-5H3,(H,20,23)(H2,21,22,24,26)/b15-11-. The summed E-state index contributed by atoms with van der Waals surface area (Å²) in [6.45, 7) is 7.85. The van der Waals surface area contributed by atoms with E-state index in [2.05, 4.69) is 16.0 Å². The van der Waals surface area contributed by atoms with Crippen molar-refractivity contribution in [2.45, 2.75) is 46.3 Å². The molecule has 0 bridgehead atoms. The van der Waals surface area contributed by atoms with Gasteiger partial charge in [0.25, 0.3) is 5.91 Å². The first-order valence-electron chi connectivity index (χ1n) is 8.36. The Morgan fingerprint density at radius 2 is 1.63 bits per heavy atom. The third kappa shape index (κ3) is 8.66. The second kappa shape index (κ2) is 9.51. The maximum atomic E-state index is 12.3. The highest BCUT2D eigenvalue weighted by Gasteiger charge is 2.24. The molecule has 0 aliphatic rings. The molecule has 0 fully saturated rings. The predicted molar refractivity (Wildman–Crippen MR) is 100 cm³/mol. The number of urea groups is 1. The van der Waals surface area contributed by atoms with Crippen molar-refractivity contribution in [2.75, 3.05) is 0 Å². The molecule has 0 radical (unpaired) electrons. The second-order valence-electron chi connectivity index (χ2n) is 6.89. The molecule has 1 rings (SSSR count). The van der Waals surface area contributed by atoms with Crippen LogP contribution in [0.2, 0.25) is 0 Å². The molecule has 0 spiro atoms. The molecule has 146 valence electrons. The minimum Gasteiger partial charge on any atom is -0.448 e. The number of hydrogen-bond donors (Lipinski definition) is 3. The van der Waals surface area contributed by atoms with E-state index in [0.29, 0.717) is 5.56 Å². The van der Waals surface area contributed by atoms with E-state index in [-0.39, 0.29) is 5.70 Å². The first-order chi connectivity index (χ1) is 12.5. The summed E-state index contributed by atoms with van der Waals surface area (Å²) >= 11 is 0. The van der Waals surface area contributed by atoms with Crippen molar-refractivity contribution in [1.82, 2.24) is 16.0 Å². The zero-order chi connectivity index (χ0) is 20.6. The fraction of sp³-hybridized carbons (Fsp3) is 0.368. The van der Waals surface area contributed by atoms with E-state index in [1.807, 2.05) is 6.07 Å². The monoisotopic (exact) mass is 375 g/mol. The van der Waals surface area contributed by atoms with E-state index < -0.39 is 35.5 Å². The highest BCUT2D eigenvalue weighted by molar-refractivity contribution is 6.01. The zero-order valence-corrected chi connectivity index (χ0v) is 16.1. The quantitative estimate of drug-likeness (QED) is 0.536. The summed E-state index contributed by atoms with van der Waals surface area (Å²) in [5, 5.41) is 7.04. The van der Waals surface area contributed by atoms with Gasteiger partial charge in [0.15, 0.2) is 6.10 Å². The summed E-state index contributed by atoms with van der Waals surface area (Å²) in [5.41, 5.74) is 0.0220. The average Bonchev–Trinajstić information content (AvgIpc) is 2.52. The lowest BCUT2D eigenvalue weighted by Gasteiger charge is -2.21. The van der Waals surface area contributed by atoms with Crippen LogP contribution >= 0.6 is 0 Å². The van der Waals surface area contributed by atoms with Crippen LogP contribution in [0.15, 0.2) is 36.0 Å². The van der Waals surface area contributed by atoms with Crippen LogP contribution in [0.4, 0.5) is 4.79 Å². The Morgan fingerprint density at radius 3 is 2.15 bits per heavy atom. The third-order valence-electron chi connectivity index (χ3n) is 3.02. The lowest BCUT2D eigenvalue weighted by Crippen LogP contribution is -2.50. The number of ether oxygens (including phenoxy) is 1. The largest absolute Gasteiger partial charge is 0.448 e. The van der Waals surface area contributed by atoms with Crippen LogP contribution in [-0.4, -0.2) is 35.5 Å². The summed E-state index contributed by atoms with van der Waals surface area (Å²) in [7, 11) is 0. The van der Waals surface area contributed by atoms with Crippen LogP contribution in [0.5, 0.6) is 0 Å². The van der Waals surface area contributed by atoms with Gasteiger partial charge >= 0.3 is 12.0 Å². The fourth-order valence-electron chi connectivity index (χ4n) is 1.91. The van der Waals surface area contributed by atoms with Gasteiger partial charge in [0.1, 0.15) is 5.70 Å². The van der Waals surface area contributed by atoms with E-state index in [1.54, 1.807) is 45.0 Å². The number of nitrogens with one attached hydrogen (secondary N) is 3. The molecule has 0 saturated heterocycles. The average molecular weight is 375 g/mol. The number of hydrogen-bond acceptors (Lipinski definition) is 5. The van der Waals surface area contributed by atoms with Gasteiger partial charge in [-0.15, -0.1) is 0 Å². The Balaban J connectivity index is 2.79. The van der Waals surface area contributed by atoms with Crippen LogP contribution in [0.1, 0.15) is 40.2 Å². The number of carbonyl (C=O) groups is 4. The van der Waals surface area contributed by atoms with Crippen LogP contribution in [-0.2, 0) is 19.1 Å². The molecule has 0 heterocycles. The Bertz CT molecular complexity index is 735. The minimum absolute atomic E-state index is 0.118. The Labute approximate surface area is 158 Å². The number of carbonyl (C=O) groups excluding carboxylic acids is 4. The van der Waals surface area contributed by atoms with Crippen molar-refractivity contribution >= 4 is 29.9 Å². The van der Waals surface area contributed by atoms with Crippen LogP contribution < -0.4 is 16.0 Å². The van der Waals surface area contributed by atoms with E-state index in [1.165, 1.54) is 19.9 Å². The highest BCUT2D eigenvalue weighted by atomic mass is 16.5. The van der Waals surface area contributed by atoms with Crippen molar-refractivity contribution in [3.8, 4) is 0 Å². The molecule has 1 aromatic rings. The molecule has 8 nitrogen and oxygen atoms in total. The van der Waals surface area contributed by atoms with Gasteiger partial charge < -0.3 is 15.4 Å². The van der Waals surface area contributed by atoms with Gasteiger partial charge in [0.05, 0.1) is 0 Å². The van der Waals surface area contributed by atoms with E-state index >= 15 is 0 Å². The summed E-state index contributed by atoms with van der Waals surface area (Å²) in [6.07, 6.45) is 0.192. The second-order valence-corrected chi connectivity index (χ2v) is 6.89. The van der Waals surface area contributed by atoms with Crippen LogP contribution in [0.25, 0.3) is 6.08 Å². The van der Waals surface area contributed by atoms with Crippen molar-refractivity contribution in [3.05, 3.63) is 41.6 Å². The third-order valence-corrected chi connectivity index (χ3v) is 3.02. The molecule has 0 aliphatic carbocycles. The summed E-state index contributed by atoms with van der Waals surface area (Å²) in [4.78, 5) is 47.4. The summed E-state index contributed by atoms with van der Waals surface area (Å²) < 4.78 is 5.06. The SMILES string of the molecule is CC(=O)N/C(=C\c1ccccc1)C(=O)OC(C)C(=O)NC(=O)NC(C)(C)C. The first-order valence-corrected chi connectivity index (χ1v) is 8.36. The number of benzene rings is 1. The molecule has 4 amide bonds. The van der Waals surface area contributed by atoms with Gasteiger partial charge in [-0.3, -0.25) is 14.9 Å². The molecular formula is C19H25N3O5. The molecule has 1 unspecified atom stereocenters. The Morgan fingerprint density at radius 1 is 1.04 bits per heavy atom. The molecule has 1 aromatic carbocycles. The van der Waals surface area contributed by atoms with Gasteiger partial charge in [0.2, 0.25) is 5.91 Å². The Kier molecular flexibility index (Phi) is 7.71. The number of amides is 4. The van der Waals surface area contributed by atoms with Crippen molar-refractivity contribution in [1.29, 1.82) is 0 Å². The molecule has 0 saturated carbocycles. The smallest absolute Gasteiger partial charge is 0.355 e. The molecule has 1 atom stereocenters. The number of rotatable bonds is 5. The van der Waals surface area contributed by atoms with E-state index in [9.17, 15) is 19.2 Å². The molecule has 8 heteroatoms. The van der Waals surface area contributed by atoms with Gasteiger partial charge in [-0.1, -0.05) is 30.3 Å². The normalized spacial score (nSPS) is 12.6. The maximum absolute atomic E-state index is 12.3. The molecule has 27 heavy (non-hydrogen) atoms. The van der Waals surface area contributed by atoms with Crippen LogP contribution in [0.3, 0.4) is 0 Å². The fourth-order valence-corrected chi connectivity index (χ4v) is 1.91. The van der Waals surface area contributed by atoms with Crippen LogP contribution in [0, 0.1) is 0 Å². The molecule has 3 N–H and O–H groups in total. The van der Waals surface area contributed by atoms with Gasteiger partial charge in [-0.2, -0.15) is 0 Å². The van der Waals surface area contributed by atoms with Gasteiger partial charge in [-0.05, 0) is 39.3 Å². The predicted octanol–water partition coefficient (Wildman–Crippen LogP) is 1.72. The topological polar surface area (TPSA) is 114 Å². The summed E-state index contributed by atoms with van der Waals surface area (Å²) in [5.74, 6) is -2.14. The summed E-state index contributed by atoms with van der Waals surface area (Å²) in [6, 6.07) is 8.13.